The van der Waals surface area contributed by atoms with Crippen LogP contribution in [0, 0.1) is 6.92 Å². The van der Waals surface area contributed by atoms with Crippen LogP contribution in [0.4, 0.5) is 0 Å². The number of benzene rings is 1. The summed E-state index contributed by atoms with van der Waals surface area (Å²) in [6.45, 7) is 4.16. The van der Waals surface area contributed by atoms with Gasteiger partial charge in [0.15, 0.2) is 0 Å². The first-order chi connectivity index (χ1) is 11.2. The molecule has 0 saturated carbocycles. The van der Waals surface area contributed by atoms with E-state index in [1.54, 1.807) is 11.8 Å². The maximum atomic E-state index is 11.7. The van der Waals surface area contributed by atoms with Gasteiger partial charge in [-0.1, -0.05) is 12.1 Å². The number of esters is 1. The van der Waals surface area contributed by atoms with E-state index in [0.717, 1.165) is 29.4 Å². The highest BCUT2D eigenvalue weighted by atomic mass is 32.2. The predicted molar refractivity (Wildman–Crippen MR) is 90.8 cm³/mol. The third kappa shape index (κ3) is 3.72. The van der Waals surface area contributed by atoms with Gasteiger partial charge in [-0.15, -0.1) is 11.8 Å². The number of hydrogen-bond acceptors (Lipinski definition) is 5. The van der Waals surface area contributed by atoms with Gasteiger partial charge in [0.1, 0.15) is 10.9 Å². The number of thioether (sulfide) groups is 1. The molecule has 0 bridgehead atoms. The molecule has 0 spiro atoms. The van der Waals surface area contributed by atoms with E-state index < -0.39 is 0 Å². The van der Waals surface area contributed by atoms with E-state index in [4.69, 9.17) is 4.74 Å². The van der Waals surface area contributed by atoms with Crippen LogP contribution in [0.3, 0.4) is 0 Å². The maximum Gasteiger partial charge on any atom is 0.338 e. The largest absolute Gasteiger partial charge is 0.462 e. The van der Waals surface area contributed by atoms with Gasteiger partial charge < -0.3 is 4.74 Å². The maximum absolute atomic E-state index is 11.7. The van der Waals surface area contributed by atoms with Gasteiger partial charge in [-0.3, -0.25) is 0 Å². The molecule has 5 heteroatoms. The van der Waals surface area contributed by atoms with Gasteiger partial charge in [0.05, 0.1) is 12.2 Å². The van der Waals surface area contributed by atoms with Crippen molar-refractivity contribution in [2.24, 2.45) is 0 Å². The van der Waals surface area contributed by atoms with Crippen LogP contribution < -0.4 is 0 Å². The molecule has 4 nitrogen and oxygen atoms in total. The lowest BCUT2D eigenvalue weighted by molar-refractivity contribution is 0.0526. The zero-order valence-corrected chi connectivity index (χ0v) is 14.3. The Labute approximate surface area is 140 Å². The van der Waals surface area contributed by atoms with Crippen molar-refractivity contribution < 1.29 is 9.53 Å². The van der Waals surface area contributed by atoms with Crippen molar-refractivity contribution in [1.82, 2.24) is 9.97 Å². The highest BCUT2D eigenvalue weighted by molar-refractivity contribution is 7.98. The first-order valence-corrected chi connectivity index (χ1v) is 8.91. The summed E-state index contributed by atoms with van der Waals surface area (Å²) in [7, 11) is 0. The third-order valence-electron chi connectivity index (χ3n) is 3.85. The molecule has 0 N–H and O–H groups in total. The molecule has 1 heterocycles. The van der Waals surface area contributed by atoms with E-state index in [1.165, 1.54) is 23.2 Å². The van der Waals surface area contributed by atoms with Crippen LogP contribution in [0.2, 0.25) is 0 Å². The van der Waals surface area contributed by atoms with Gasteiger partial charge in [0.25, 0.3) is 0 Å². The molecule has 2 aromatic rings. The average molecular weight is 328 g/mol. The van der Waals surface area contributed by atoms with Crippen molar-refractivity contribution in [1.29, 1.82) is 0 Å². The Morgan fingerprint density at radius 2 is 2.00 bits per heavy atom. The summed E-state index contributed by atoms with van der Waals surface area (Å²) in [5.74, 6) is 1.42. The second-order valence-corrected chi connectivity index (χ2v) is 6.52. The van der Waals surface area contributed by atoms with Gasteiger partial charge in [-0.05, 0) is 50.8 Å². The Balaban J connectivity index is 1.68. The summed E-state index contributed by atoms with van der Waals surface area (Å²) < 4.78 is 5.00. The fraction of sp³-hybridized carbons (Fsp3) is 0.389. The molecule has 0 aliphatic heterocycles. The first-order valence-electron chi connectivity index (χ1n) is 7.92. The molecule has 0 radical (unpaired) electrons. The first kappa shape index (κ1) is 16.0. The van der Waals surface area contributed by atoms with Crippen molar-refractivity contribution in [2.75, 3.05) is 6.61 Å². The number of hydrogen-bond donors (Lipinski definition) is 0. The van der Waals surface area contributed by atoms with E-state index in [1.807, 2.05) is 38.1 Å². The fourth-order valence-electron chi connectivity index (χ4n) is 2.74. The zero-order chi connectivity index (χ0) is 16.2. The zero-order valence-electron chi connectivity index (χ0n) is 13.5. The summed E-state index contributed by atoms with van der Waals surface area (Å²) in [4.78, 5) is 20.8. The molecule has 0 saturated heterocycles. The number of carbonyl (C=O) groups is 1. The number of nitrogens with zero attached hydrogens (tertiary/aromatic N) is 2. The summed E-state index contributed by atoms with van der Waals surface area (Å²) in [5.41, 5.74) is 4.31. The quantitative estimate of drug-likeness (QED) is 0.475. The minimum absolute atomic E-state index is 0.268. The smallest absolute Gasteiger partial charge is 0.338 e. The van der Waals surface area contributed by atoms with E-state index in [-0.39, 0.29) is 5.97 Å². The van der Waals surface area contributed by atoms with Crippen LogP contribution >= 0.6 is 11.8 Å². The van der Waals surface area contributed by atoms with Gasteiger partial charge in [-0.25, -0.2) is 14.8 Å². The van der Waals surface area contributed by atoms with Crippen molar-refractivity contribution in [3.05, 3.63) is 52.5 Å². The van der Waals surface area contributed by atoms with Crippen molar-refractivity contribution in [3.8, 4) is 0 Å². The normalized spacial score (nSPS) is 13.0. The number of ether oxygens (including phenoxy) is 1. The van der Waals surface area contributed by atoms with Crippen LogP contribution in [0.15, 0.2) is 29.3 Å². The monoisotopic (exact) mass is 328 g/mol. The highest BCUT2D eigenvalue weighted by Crippen LogP contribution is 2.31. The molecule has 1 aliphatic rings. The van der Waals surface area contributed by atoms with Crippen LogP contribution in [-0.4, -0.2) is 22.5 Å². The van der Waals surface area contributed by atoms with Crippen molar-refractivity contribution >= 4 is 17.7 Å². The van der Waals surface area contributed by atoms with Gasteiger partial charge in [0, 0.05) is 17.0 Å². The fourth-order valence-corrected chi connectivity index (χ4v) is 3.83. The van der Waals surface area contributed by atoms with Crippen LogP contribution in [0.25, 0.3) is 0 Å². The van der Waals surface area contributed by atoms with E-state index in [0.29, 0.717) is 12.2 Å². The molecule has 1 aromatic carbocycles. The van der Waals surface area contributed by atoms with Gasteiger partial charge in [-0.2, -0.15) is 0 Å². The minimum Gasteiger partial charge on any atom is -0.462 e. The van der Waals surface area contributed by atoms with E-state index in [9.17, 15) is 4.79 Å². The predicted octanol–water partition coefficient (Wildman–Crippen LogP) is 3.74. The molecule has 0 unspecified atom stereocenters. The Morgan fingerprint density at radius 1 is 1.22 bits per heavy atom. The topological polar surface area (TPSA) is 52.1 Å². The lowest BCUT2D eigenvalue weighted by Crippen LogP contribution is -2.04. The lowest BCUT2D eigenvalue weighted by Gasteiger charge is -2.08. The number of aromatic nitrogens is 2. The van der Waals surface area contributed by atoms with Gasteiger partial charge in [0.2, 0.25) is 0 Å². The van der Waals surface area contributed by atoms with E-state index in [2.05, 4.69) is 9.97 Å². The van der Waals surface area contributed by atoms with E-state index >= 15 is 0 Å². The summed E-state index contributed by atoms with van der Waals surface area (Å²) >= 11 is 1.75. The summed E-state index contributed by atoms with van der Waals surface area (Å²) in [6, 6.07) is 7.61. The SMILES string of the molecule is CCOC(=O)c1ccc(CSc2nc(C)nc3c2CCC3)cc1. The molecule has 0 fully saturated rings. The number of rotatable bonds is 5. The second kappa shape index (κ2) is 7.13. The average Bonchev–Trinajstić information content (AvgIpc) is 3.01. The number of carbonyl (C=O) groups excluding carboxylic acids is 1. The lowest BCUT2D eigenvalue weighted by atomic mass is 10.1. The molecule has 23 heavy (non-hydrogen) atoms. The molecule has 1 aromatic heterocycles. The summed E-state index contributed by atoms with van der Waals surface area (Å²) in [5, 5.41) is 1.11. The molecule has 3 rings (SSSR count). The molecule has 120 valence electrons. The van der Waals surface area contributed by atoms with Crippen molar-refractivity contribution in [2.45, 2.75) is 43.9 Å². The molecular weight excluding hydrogens is 308 g/mol. The minimum atomic E-state index is -0.268. The highest BCUT2D eigenvalue weighted by Gasteiger charge is 2.18. The second-order valence-electron chi connectivity index (χ2n) is 5.56. The molecule has 1 aliphatic carbocycles. The van der Waals surface area contributed by atoms with Crippen LogP contribution in [0.1, 0.15) is 46.3 Å². The molecular formula is C18H20N2O2S. The Bertz CT molecular complexity index is 714. The Morgan fingerprint density at radius 3 is 2.74 bits per heavy atom. The number of fused-ring (bicyclic) bond motifs is 1. The standard InChI is InChI=1S/C18H20N2O2S/c1-3-22-18(21)14-9-7-13(8-10-14)11-23-17-15-5-4-6-16(15)19-12(2)20-17/h7-10H,3-6,11H2,1-2H3. The third-order valence-corrected chi connectivity index (χ3v) is 4.94. The van der Waals surface area contributed by atoms with Crippen LogP contribution in [0.5, 0.6) is 0 Å². The number of aryl methyl sites for hydroxylation is 2. The van der Waals surface area contributed by atoms with Crippen molar-refractivity contribution in [3.63, 3.8) is 0 Å². The van der Waals surface area contributed by atoms with Crippen LogP contribution in [-0.2, 0) is 23.3 Å². The molecule has 0 atom stereocenters. The summed E-state index contributed by atoms with van der Waals surface area (Å²) in [6.07, 6.45) is 3.33. The molecule has 0 amide bonds. The van der Waals surface area contributed by atoms with Gasteiger partial charge >= 0.3 is 5.97 Å². The Hall–Kier alpha value is -1.88. The Kier molecular flexibility index (Phi) is 4.96.